The van der Waals surface area contributed by atoms with Gasteiger partial charge in [-0.2, -0.15) is 0 Å². The summed E-state index contributed by atoms with van der Waals surface area (Å²) in [6, 6.07) is 3.86. The zero-order valence-corrected chi connectivity index (χ0v) is 18.4. The average Bonchev–Trinajstić information content (AvgIpc) is 2.73. The summed E-state index contributed by atoms with van der Waals surface area (Å²) in [5.74, 6) is 4.45. The highest BCUT2D eigenvalue weighted by atomic mass is 35.5. The van der Waals surface area contributed by atoms with E-state index in [1.54, 1.807) is 0 Å². The molecule has 0 heterocycles. The molecular weight excluding hydrogens is 367 g/mol. The third-order valence-corrected chi connectivity index (χ3v) is 8.75. The predicted molar refractivity (Wildman–Crippen MR) is 118 cm³/mol. The lowest BCUT2D eigenvalue weighted by Gasteiger charge is -2.40. The molecule has 0 bridgehead atoms. The zero-order valence-electron chi connectivity index (χ0n) is 17.7. The molecule has 0 nitrogen and oxygen atoms in total. The van der Waals surface area contributed by atoms with E-state index in [0.717, 1.165) is 53.6 Å². The van der Waals surface area contributed by atoms with E-state index in [4.69, 9.17) is 11.6 Å². The van der Waals surface area contributed by atoms with Crippen molar-refractivity contribution in [2.45, 2.75) is 84.5 Å². The van der Waals surface area contributed by atoms with Crippen molar-refractivity contribution in [2.75, 3.05) is 0 Å². The molecule has 1 aromatic rings. The summed E-state index contributed by atoms with van der Waals surface area (Å²) in [6.07, 6.45) is 17.3. The fraction of sp³-hybridized carbons (Fsp3) is 0.692. The van der Waals surface area contributed by atoms with Crippen LogP contribution in [0.2, 0.25) is 5.02 Å². The first-order valence-electron chi connectivity index (χ1n) is 11.7. The van der Waals surface area contributed by atoms with Crippen LogP contribution < -0.4 is 0 Å². The van der Waals surface area contributed by atoms with Gasteiger partial charge in [-0.05, 0) is 105 Å². The van der Waals surface area contributed by atoms with Gasteiger partial charge >= 0.3 is 0 Å². The van der Waals surface area contributed by atoms with Crippen LogP contribution >= 0.6 is 11.6 Å². The van der Waals surface area contributed by atoms with Crippen LogP contribution in [0.1, 0.15) is 88.7 Å². The first-order chi connectivity index (χ1) is 13.5. The van der Waals surface area contributed by atoms with Gasteiger partial charge in [0.05, 0.1) is 5.02 Å². The fourth-order valence-corrected chi connectivity index (χ4v) is 6.43. The second-order valence-corrected chi connectivity index (χ2v) is 10.4. The minimum Gasteiger partial charge on any atom is -0.205 e. The standard InChI is InChI=1S/C26H36ClF/c1-17-3-6-19(7-4-17)20-8-10-21(11-9-20)22-12-14-23(15-13-22)24-16-5-18(2)25(27)26(24)28/h5,14,16-17,19-22H,3-4,6-13,15H2,1-2H3. The van der Waals surface area contributed by atoms with Crippen LogP contribution in [-0.2, 0) is 0 Å². The Labute approximate surface area is 175 Å². The minimum atomic E-state index is -0.228. The first-order valence-corrected chi connectivity index (χ1v) is 12.0. The molecule has 1 unspecified atom stereocenters. The quantitative estimate of drug-likeness (QED) is 0.474. The van der Waals surface area contributed by atoms with Gasteiger partial charge in [0, 0.05) is 5.56 Å². The number of benzene rings is 1. The molecule has 154 valence electrons. The lowest BCUT2D eigenvalue weighted by atomic mass is 9.66. The van der Waals surface area contributed by atoms with Crippen molar-refractivity contribution in [3.05, 3.63) is 40.2 Å². The SMILES string of the molecule is Cc1ccc(C2=CCC(C3CCC(C4CCC(C)CC4)CC3)CC2)c(F)c1Cl. The molecule has 3 aliphatic carbocycles. The molecule has 0 amide bonds. The van der Waals surface area contributed by atoms with E-state index < -0.39 is 0 Å². The van der Waals surface area contributed by atoms with Gasteiger partial charge in [-0.25, -0.2) is 4.39 Å². The molecule has 0 radical (unpaired) electrons. The Bertz CT molecular complexity index is 705. The van der Waals surface area contributed by atoms with Crippen molar-refractivity contribution in [2.24, 2.45) is 29.6 Å². The van der Waals surface area contributed by atoms with E-state index in [1.165, 1.54) is 63.4 Å². The number of aryl methyl sites for hydroxylation is 1. The number of rotatable bonds is 3. The van der Waals surface area contributed by atoms with Crippen LogP contribution in [0.3, 0.4) is 0 Å². The number of allylic oxidation sites excluding steroid dienone is 2. The molecule has 1 atom stereocenters. The van der Waals surface area contributed by atoms with Crippen molar-refractivity contribution in [1.82, 2.24) is 0 Å². The summed E-state index contributed by atoms with van der Waals surface area (Å²) in [4.78, 5) is 0. The second kappa shape index (κ2) is 8.90. The van der Waals surface area contributed by atoms with Crippen LogP contribution in [-0.4, -0.2) is 0 Å². The van der Waals surface area contributed by atoms with Crippen LogP contribution in [0.5, 0.6) is 0 Å². The summed E-state index contributed by atoms with van der Waals surface area (Å²) in [7, 11) is 0. The maximum Gasteiger partial charge on any atom is 0.149 e. The number of halogens is 2. The highest BCUT2D eigenvalue weighted by Gasteiger charge is 2.33. The Hall–Kier alpha value is -0.820. The highest BCUT2D eigenvalue weighted by Crippen LogP contribution is 2.46. The first kappa shape index (κ1) is 20.5. The Kier molecular flexibility index (Phi) is 6.50. The minimum absolute atomic E-state index is 0.228. The van der Waals surface area contributed by atoms with Gasteiger partial charge in [-0.1, -0.05) is 49.6 Å². The monoisotopic (exact) mass is 402 g/mol. The fourth-order valence-electron chi connectivity index (χ4n) is 6.27. The van der Waals surface area contributed by atoms with Gasteiger partial charge in [0.1, 0.15) is 5.82 Å². The summed E-state index contributed by atoms with van der Waals surface area (Å²) in [6.45, 7) is 4.29. The van der Waals surface area contributed by atoms with Crippen molar-refractivity contribution in [3.63, 3.8) is 0 Å². The maximum atomic E-state index is 14.6. The van der Waals surface area contributed by atoms with Gasteiger partial charge in [-0.3, -0.25) is 0 Å². The van der Waals surface area contributed by atoms with Crippen molar-refractivity contribution < 1.29 is 4.39 Å². The molecular formula is C26H36ClF. The molecule has 4 rings (SSSR count). The molecule has 0 saturated heterocycles. The van der Waals surface area contributed by atoms with Gasteiger partial charge < -0.3 is 0 Å². The molecule has 0 spiro atoms. The Morgan fingerprint density at radius 1 is 0.821 bits per heavy atom. The molecule has 28 heavy (non-hydrogen) atoms. The van der Waals surface area contributed by atoms with Gasteiger partial charge in [0.2, 0.25) is 0 Å². The normalized spacial score (nSPS) is 34.1. The summed E-state index contributed by atoms with van der Waals surface area (Å²) < 4.78 is 14.6. The molecule has 1 aromatic carbocycles. The van der Waals surface area contributed by atoms with E-state index in [2.05, 4.69) is 13.0 Å². The predicted octanol–water partition coefficient (Wildman–Crippen LogP) is 8.60. The van der Waals surface area contributed by atoms with Crippen molar-refractivity contribution >= 4 is 17.2 Å². The highest BCUT2D eigenvalue weighted by molar-refractivity contribution is 6.31. The maximum absolute atomic E-state index is 14.6. The van der Waals surface area contributed by atoms with E-state index >= 15 is 0 Å². The van der Waals surface area contributed by atoms with E-state index in [-0.39, 0.29) is 10.8 Å². The van der Waals surface area contributed by atoms with Crippen LogP contribution in [0.4, 0.5) is 4.39 Å². The van der Waals surface area contributed by atoms with Gasteiger partial charge in [-0.15, -0.1) is 0 Å². The van der Waals surface area contributed by atoms with Crippen LogP contribution in [0.15, 0.2) is 18.2 Å². The van der Waals surface area contributed by atoms with Crippen LogP contribution in [0, 0.1) is 42.3 Å². The molecule has 2 heteroatoms. The van der Waals surface area contributed by atoms with Crippen molar-refractivity contribution in [1.29, 1.82) is 0 Å². The summed E-state index contributed by atoms with van der Waals surface area (Å²) >= 11 is 6.14. The second-order valence-electron chi connectivity index (χ2n) is 10.0. The Morgan fingerprint density at radius 2 is 1.39 bits per heavy atom. The summed E-state index contributed by atoms with van der Waals surface area (Å²) in [5.41, 5.74) is 2.71. The zero-order chi connectivity index (χ0) is 19.7. The van der Waals surface area contributed by atoms with E-state index in [0.29, 0.717) is 0 Å². The lowest BCUT2D eigenvalue weighted by molar-refractivity contribution is 0.125. The molecule has 0 N–H and O–H groups in total. The molecule has 0 aliphatic heterocycles. The molecule has 3 aliphatic rings. The van der Waals surface area contributed by atoms with E-state index in [9.17, 15) is 4.39 Å². The third-order valence-electron chi connectivity index (χ3n) is 8.28. The molecule has 2 saturated carbocycles. The number of hydrogen-bond acceptors (Lipinski definition) is 0. The lowest BCUT2D eigenvalue weighted by Crippen LogP contribution is -2.28. The van der Waals surface area contributed by atoms with E-state index in [1.807, 2.05) is 19.1 Å². The third kappa shape index (κ3) is 4.35. The van der Waals surface area contributed by atoms with Crippen molar-refractivity contribution in [3.8, 4) is 0 Å². The Balaban J connectivity index is 1.32. The largest absolute Gasteiger partial charge is 0.205 e. The molecule has 2 fully saturated rings. The Morgan fingerprint density at radius 3 is 1.96 bits per heavy atom. The van der Waals surface area contributed by atoms with Crippen LogP contribution in [0.25, 0.3) is 5.57 Å². The van der Waals surface area contributed by atoms with Gasteiger partial charge in [0.15, 0.2) is 0 Å². The summed E-state index contributed by atoms with van der Waals surface area (Å²) in [5, 5.41) is 0.288. The topological polar surface area (TPSA) is 0 Å². The van der Waals surface area contributed by atoms with Gasteiger partial charge in [0.25, 0.3) is 0 Å². The smallest absolute Gasteiger partial charge is 0.149 e. The number of hydrogen-bond donors (Lipinski definition) is 0. The average molecular weight is 403 g/mol. The molecule has 0 aromatic heterocycles.